The first kappa shape index (κ1) is 11.1. The summed E-state index contributed by atoms with van der Waals surface area (Å²) in [7, 11) is 0. The van der Waals surface area contributed by atoms with Crippen LogP contribution in [0.4, 0.5) is 0 Å². The monoisotopic (exact) mass is 221 g/mol. The normalized spacial score (nSPS) is 21.2. The number of carbonyl (C=O) groups is 1. The van der Waals surface area contributed by atoms with Crippen molar-refractivity contribution in [2.45, 2.75) is 12.5 Å². The van der Waals surface area contributed by atoms with Gasteiger partial charge in [0.05, 0.1) is 12.6 Å². The predicted molar refractivity (Wildman–Crippen MR) is 59.5 cm³/mol. The van der Waals surface area contributed by atoms with Crippen LogP contribution in [0.25, 0.3) is 0 Å². The minimum absolute atomic E-state index is 0.0223. The molecule has 1 heterocycles. The van der Waals surface area contributed by atoms with Crippen LogP contribution >= 0.6 is 0 Å². The lowest BCUT2D eigenvalue weighted by molar-refractivity contribution is 0.0935. The molecule has 0 aliphatic carbocycles. The Morgan fingerprint density at radius 2 is 2.06 bits per heavy atom. The third-order valence-electron chi connectivity index (χ3n) is 2.80. The van der Waals surface area contributed by atoms with Crippen molar-refractivity contribution in [3.8, 4) is 5.75 Å². The summed E-state index contributed by atoms with van der Waals surface area (Å²) in [6, 6.07) is 6.24. The Bertz CT molecular complexity index is 374. The van der Waals surface area contributed by atoms with E-state index in [0.29, 0.717) is 18.7 Å². The van der Waals surface area contributed by atoms with Crippen LogP contribution in [-0.2, 0) is 0 Å². The molecule has 0 radical (unpaired) electrons. The van der Waals surface area contributed by atoms with Crippen molar-refractivity contribution in [2.24, 2.45) is 0 Å². The molecule has 2 rings (SSSR count). The van der Waals surface area contributed by atoms with Crippen LogP contribution in [0.5, 0.6) is 5.75 Å². The van der Waals surface area contributed by atoms with E-state index >= 15 is 0 Å². The number of phenols is 1. The van der Waals surface area contributed by atoms with E-state index in [2.05, 4.69) is 0 Å². The molecule has 2 N–H and O–H groups in total. The first-order chi connectivity index (χ1) is 7.65. The molecule has 0 saturated carbocycles. The van der Waals surface area contributed by atoms with Gasteiger partial charge in [0.15, 0.2) is 5.78 Å². The van der Waals surface area contributed by atoms with Gasteiger partial charge in [-0.1, -0.05) is 0 Å². The largest absolute Gasteiger partial charge is 0.508 e. The maximum atomic E-state index is 11.8. The number of Topliss-reactive ketones (excluding diaryl/α,β-unsaturated/α-hetero) is 1. The Morgan fingerprint density at radius 1 is 1.38 bits per heavy atom. The van der Waals surface area contributed by atoms with Gasteiger partial charge in [0, 0.05) is 18.7 Å². The summed E-state index contributed by atoms with van der Waals surface area (Å²) in [6.07, 6.45) is 0.440. The van der Waals surface area contributed by atoms with Gasteiger partial charge in [-0.05, 0) is 30.7 Å². The first-order valence-corrected chi connectivity index (χ1v) is 5.38. The third kappa shape index (κ3) is 2.59. The number of benzene rings is 1. The van der Waals surface area contributed by atoms with Crippen molar-refractivity contribution in [1.82, 2.24) is 4.90 Å². The van der Waals surface area contributed by atoms with Crippen molar-refractivity contribution in [3.05, 3.63) is 29.8 Å². The van der Waals surface area contributed by atoms with Crippen LogP contribution in [0.15, 0.2) is 24.3 Å². The number of hydrogen-bond donors (Lipinski definition) is 2. The topological polar surface area (TPSA) is 60.8 Å². The van der Waals surface area contributed by atoms with E-state index < -0.39 is 0 Å². The van der Waals surface area contributed by atoms with Crippen LogP contribution in [0, 0.1) is 0 Å². The molecule has 1 aliphatic heterocycles. The number of β-amino-alcohol motifs (C(OH)–C–C–N with tert-alkyl or cyclic N) is 1. The van der Waals surface area contributed by atoms with Crippen molar-refractivity contribution < 1.29 is 15.0 Å². The standard InChI is InChI=1S/C12H15NO3/c14-10-3-1-9(2-4-10)12(16)8-13-6-5-11(15)7-13/h1-4,11,14-15H,5-8H2. The zero-order chi connectivity index (χ0) is 11.5. The van der Waals surface area contributed by atoms with E-state index in [1.165, 1.54) is 12.1 Å². The van der Waals surface area contributed by atoms with E-state index in [1.807, 2.05) is 4.90 Å². The summed E-state index contributed by atoms with van der Waals surface area (Å²) in [5, 5.41) is 18.4. The second-order valence-corrected chi connectivity index (χ2v) is 4.15. The smallest absolute Gasteiger partial charge is 0.176 e. The average molecular weight is 221 g/mol. The fourth-order valence-corrected chi connectivity index (χ4v) is 1.90. The van der Waals surface area contributed by atoms with Gasteiger partial charge in [-0.3, -0.25) is 9.69 Å². The summed E-state index contributed by atoms with van der Waals surface area (Å²) in [6.45, 7) is 1.68. The number of hydrogen-bond acceptors (Lipinski definition) is 4. The van der Waals surface area contributed by atoms with Gasteiger partial charge < -0.3 is 10.2 Å². The molecule has 1 aromatic rings. The molecule has 4 heteroatoms. The summed E-state index contributed by atoms with van der Waals surface area (Å²) in [4.78, 5) is 13.8. The van der Waals surface area contributed by atoms with Crippen molar-refractivity contribution in [1.29, 1.82) is 0 Å². The van der Waals surface area contributed by atoms with E-state index in [9.17, 15) is 9.90 Å². The van der Waals surface area contributed by atoms with Crippen LogP contribution in [-0.4, -0.2) is 46.6 Å². The lowest BCUT2D eigenvalue weighted by Gasteiger charge is -2.13. The van der Waals surface area contributed by atoms with E-state index in [4.69, 9.17) is 5.11 Å². The summed E-state index contributed by atoms with van der Waals surface area (Å²) >= 11 is 0. The number of aliphatic hydroxyl groups excluding tert-OH is 1. The van der Waals surface area contributed by atoms with Crippen LogP contribution in [0.1, 0.15) is 16.8 Å². The SMILES string of the molecule is O=C(CN1CCC(O)C1)c1ccc(O)cc1. The second kappa shape index (κ2) is 4.63. The summed E-state index contributed by atoms with van der Waals surface area (Å²) < 4.78 is 0. The number of carbonyl (C=O) groups excluding carboxylic acids is 1. The average Bonchev–Trinajstić information content (AvgIpc) is 2.65. The molecule has 0 aromatic heterocycles. The molecule has 4 nitrogen and oxygen atoms in total. The number of aromatic hydroxyl groups is 1. The molecule has 1 fully saturated rings. The van der Waals surface area contributed by atoms with Crippen LogP contribution < -0.4 is 0 Å². The minimum atomic E-state index is -0.299. The van der Waals surface area contributed by atoms with Gasteiger partial charge in [0.2, 0.25) is 0 Å². The predicted octanol–water partition coefficient (Wildman–Crippen LogP) is 0.641. The van der Waals surface area contributed by atoms with Crippen molar-refractivity contribution in [3.63, 3.8) is 0 Å². The third-order valence-corrected chi connectivity index (χ3v) is 2.80. The molecule has 1 aliphatic rings. The molecule has 86 valence electrons. The molecule has 1 saturated heterocycles. The quantitative estimate of drug-likeness (QED) is 0.735. The number of nitrogens with zero attached hydrogens (tertiary/aromatic N) is 1. The molecular weight excluding hydrogens is 206 g/mol. The first-order valence-electron chi connectivity index (χ1n) is 5.38. The summed E-state index contributed by atoms with van der Waals surface area (Å²) in [5.74, 6) is 0.183. The number of ketones is 1. The highest BCUT2D eigenvalue weighted by atomic mass is 16.3. The van der Waals surface area contributed by atoms with Crippen molar-refractivity contribution >= 4 is 5.78 Å². The van der Waals surface area contributed by atoms with Crippen molar-refractivity contribution in [2.75, 3.05) is 19.6 Å². The van der Waals surface area contributed by atoms with Gasteiger partial charge in [-0.2, -0.15) is 0 Å². The number of rotatable bonds is 3. The molecule has 0 spiro atoms. The van der Waals surface area contributed by atoms with E-state index in [-0.39, 0.29) is 17.6 Å². The highest BCUT2D eigenvalue weighted by Gasteiger charge is 2.22. The van der Waals surface area contributed by atoms with E-state index in [0.717, 1.165) is 13.0 Å². The molecule has 0 bridgehead atoms. The molecular formula is C12H15NO3. The molecule has 16 heavy (non-hydrogen) atoms. The second-order valence-electron chi connectivity index (χ2n) is 4.15. The van der Waals surface area contributed by atoms with Gasteiger partial charge >= 0.3 is 0 Å². The molecule has 1 unspecified atom stereocenters. The lowest BCUT2D eigenvalue weighted by atomic mass is 10.1. The highest BCUT2D eigenvalue weighted by Crippen LogP contribution is 2.13. The van der Waals surface area contributed by atoms with Crippen LogP contribution in [0.2, 0.25) is 0 Å². The van der Waals surface area contributed by atoms with Gasteiger partial charge in [-0.25, -0.2) is 0 Å². The molecule has 1 aromatic carbocycles. The van der Waals surface area contributed by atoms with E-state index in [1.54, 1.807) is 12.1 Å². The number of aliphatic hydroxyl groups is 1. The van der Waals surface area contributed by atoms with Gasteiger partial charge in [0.25, 0.3) is 0 Å². The van der Waals surface area contributed by atoms with Crippen LogP contribution in [0.3, 0.4) is 0 Å². The Hall–Kier alpha value is -1.39. The Balaban J connectivity index is 1.95. The number of phenolic OH excluding ortho intramolecular Hbond substituents is 1. The fourth-order valence-electron chi connectivity index (χ4n) is 1.90. The summed E-state index contributed by atoms with van der Waals surface area (Å²) in [5.41, 5.74) is 0.596. The number of likely N-dealkylation sites (tertiary alicyclic amines) is 1. The zero-order valence-corrected chi connectivity index (χ0v) is 8.97. The maximum Gasteiger partial charge on any atom is 0.176 e. The maximum absolute atomic E-state index is 11.8. The zero-order valence-electron chi connectivity index (χ0n) is 8.97. The fraction of sp³-hybridized carbons (Fsp3) is 0.417. The highest BCUT2D eigenvalue weighted by molar-refractivity contribution is 5.97. The molecule has 1 atom stereocenters. The lowest BCUT2D eigenvalue weighted by Crippen LogP contribution is -2.28. The minimum Gasteiger partial charge on any atom is -0.508 e. The Morgan fingerprint density at radius 3 is 2.62 bits per heavy atom. The van der Waals surface area contributed by atoms with Gasteiger partial charge in [-0.15, -0.1) is 0 Å². The Labute approximate surface area is 94.1 Å². The Kier molecular flexibility index (Phi) is 3.22. The van der Waals surface area contributed by atoms with Gasteiger partial charge in [0.1, 0.15) is 5.75 Å². The molecule has 0 amide bonds.